The minimum Gasteiger partial charge on any atom is -0.496 e. The Morgan fingerprint density at radius 1 is 1.53 bits per heavy atom. The molecular weight excluding hydrogens is 216 g/mol. The molecule has 2 rings (SSSR count). The van der Waals surface area contributed by atoms with Crippen molar-refractivity contribution in [3.63, 3.8) is 0 Å². The average Bonchev–Trinajstić information content (AvgIpc) is 2.58. The molecule has 0 aromatic heterocycles. The number of methoxy groups -OCH3 is 1. The molecular formula is C13H18N2O2. The maximum absolute atomic E-state index is 11.7. The smallest absolute Gasteiger partial charge is 0.223 e. The molecule has 4 heteroatoms. The lowest BCUT2D eigenvalue weighted by atomic mass is 10.1. The van der Waals surface area contributed by atoms with Crippen LogP contribution in [0.5, 0.6) is 5.75 Å². The van der Waals surface area contributed by atoms with Crippen LogP contribution < -0.4 is 10.5 Å². The van der Waals surface area contributed by atoms with Crippen molar-refractivity contribution in [2.45, 2.75) is 19.9 Å². The first-order valence-electron chi connectivity index (χ1n) is 5.80. The Kier molecular flexibility index (Phi) is 3.22. The number of likely N-dealkylation sites (tertiary alicyclic amines) is 1. The van der Waals surface area contributed by atoms with Gasteiger partial charge in [-0.15, -0.1) is 0 Å². The first kappa shape index (κ1) is 11.8. The van der Waals surface area contributed by atoms with Gasteiger partial charge in [0.25, 0.3) is 0 Å². The highest BCUT2D eigenvalue weighted by Gasteiger charge is 2.26. The highest BCUT2D eigenvalue weighted by Crippen LogP contribution is 2.26. The van der Waals surface area contributed by atoms with Crippen LogP contribution in [0.3, 0.4) is 0 Å². The Labute approximate surface area is 101 Å². The van der Waals surface area contributed by atoms with Gasteiger partial charge < -0.3 is 15.4 Å². The van der Waals surface area contributed by atoms with Gasteiger partial charge in [0.05, 0.1) is 7.11 Å². The fraction of sp³-hybridized carbons (Fsp3) is 0.462. The second kappa shape index (κ2) is 4.65. The predicted molar refractivity (Wildman–Crippen MR) is 66.6 cm³/mol. The van der Waals surface area contributed by atoms with Gasteiger partial charge in [-0.25, -0.2) is 0 Å². The molecule has 1 aromatic rings. The monoisotopic (exact) mass is 234 g/mol. The van der Waals surface area contributed by atoms with Crippen molar-refractivity contribution in [2.75, 3.05) is 19.4 Å². The number of anilines is 1. The van der Waals surface area contributed by atoms with E-state index in [9.17, 15) is 4.79 Å². The summed E-state index contributed by atoms with van der Waals surface area (Å²) in [7, 11) is 1.63. The van der Waals surface area contributed by atoms with E-state index in [1.807, 2.05) is 17.0 Å². The largest absolute Gasteiger partial charge is 0.496 e. The van der Waals surface area contributed by atoms with Gasteiger partial charge >= 0.3 is 0 Å². The normalized spacial score (nSPS) is 19.8. The van der Waals surface area contributed by atoms with Gasteiger partial charge in [0, 0.05) is 30.8 Å². The van der Waals surface area contributed by atoms with Crippen molar-refractivity contribution in [1.29, 1.82) is 0 Å². The first-order valence-corrected chi connectivity index (χ1v) is 5.80. The van der Waals surface area contributed by atoms with E-state index in [0.717, 1.165) is 17.9 Å². The number of rotatable bonds is 3. The summed E-state index contributed by atoms with van der Waals surface area (Å²) in [5, 5.41) is 0. The molecule has 17 heavy (non-hydrogen) atoms. The van der Waals surface area contributed by atoms with Crippen molar-refractivity contribution in [3.8, 4) is 5.75 Å². The van der Waals surface area contributed by atoms with Gasteiger partial charge in [-0.1, -0.05) is 6.92 Å². The van der Waals surface area contributed by atoms with E-state index in [1.165, 1.54) is 0 Å². The molecule has 1 aromatic carbocycles. The Hall–Kier alpha value is -1.71. The quantitative estimate of drug-likeness (QED) is 0.809. The van der Waals surface area contributed by atoms with Crippen LogP contribution in [0, 0.1) is 5.92 Å². The summed E-state index contributed by atoms with van der Waals surface area (Å²) in [6.45, 7) is 3.49. The highest BCUT2D eigenvalue weighted by molar-refractivity contribution is 5.78. The molecule has 2 N–H and O–H groups in total. The van der Waals surface area contributed by atoms with Crippen molar-refractivity contribution < 1.29 is 9.53 Å². The Morgan fingerprint density at radius 2 is 2.29 bits per heavy atom. The third-order valence-corrected chi connectivity index (χ3v) is 3.07. The molecule has 1 aliphatic heterocycles. The van der Waals surface area contributed by atoms with E-state index in [4.69, 9.17) is 10.5 Å². The lowest BCUT2D eigenvalue weighted by Gasteiger charge is -2.18. The zero-order chi connectivity index (χ0) is 12.4. The zero-order valence-electron chi connectivity index (χ0n) is 10.3. The van der Waals surface area contributed by atoms with Gasteiger partial charge in [0.1, 0.15) is 5.75 Å². The topological polar surface area (TPSA) is 55.6 Å². The predicted octanol–water partition coefficient (Wildman–Crippen LogP) is 1.65. The van der Waals surface area contributed by atoms with E-state index in [1.54, 1.807) is 13.2 Å². The average molecular weight is 234 g/mol. The van der Waals surface area contributed by atoms with E-state index < -0.39 is 0 Å². The van der Waals surface area contributed by atoms with Gasteiger partial charge in [0.15, 0.2) is 0 Å². The summed E-state index contributed by atoms with van der Waals surface area (Å²) < 4.78 is 5.28. The van der Waals surface area contributed by atoms with Crippen LogP contribution >= 0.6 is 0 Å². The molecule has 0 bridgehead atoms. The van der Waals surface area contributed by atoms with E-state index in [0.29, 0.717) is 24.6 Å². The molecule has 1 amide bonds. The molecule has 0 spiro atoms. The summed E-state index contributed by atoms with van der Waals surface area (Å²) in [5.41, 5.74) is 7.42. The van der Waals surface area contributed by atoms with Crippen LogP contribution in [0.15, 0.2) is 18.2 Å². The third-order valence-electron chi connectivity index (χ3n) is 3.07. The van der Waals surface area contributed by atoms with E-state index >= 15 is 0 Å². The molecule has 4 nitrogen and oxygen atoms in total. The van der Waals surface area contributed by atoms with E-state index in [-0.39, 0.29) is 5.91 Å². The molecule has 0 aliphatic carbocycles. The molecule has 1 saturated heterocycles. The first-order chi connectivity index (χ1) is 8.10. The van der Waals surface area contributed by atoms with Crippen LogP contribution in [-0.4, -0.2) is 24.5 Å². The minimum absolute atomic E-state index is 0.210. The summed E-state index contributed by atoms with van der Waals surface area (Å²) >= 11 is 0. The molecule has 1 fully saturated rings. The van der Waals surface area contributed by atoms with Gasteiger partial charge in [0.2, 0.25) is 5.91 Å². The van der Waals surface area contributed by atoms with Crippen LogP contribution in [0.4, 0.5) is 5.69 Å². The summed E-state index contributed by atoms with van der Waals surface area (Å²) in [6.07, 6.45) is 0.643. The number of hydrogen-bond donors (Lipinski definition) is 1. The van der Waals surface area contributed by atoms with Gasteiger partial charge in [-0.2, -0.15) is 0 Å². The van der Waals surface area contributed by atoms with Crippen molar-refractivity contribution in [2.24, 2.45) is 5.92 Å². The fourth-order valence-corrected chi connectivity index (χ4v) is 2.25. The molecule has 0 radical (unpaired) electrons. The lowest BCUT2D eigenvalue weighted by Crippen LogP contribution is -2.24. The number of hydrogen-bond acceptors (Lipinski definition) is 3. The highest BCUT2D eigenvalue weighted by atomic mass is 16.5. The van der Waals surface area contributed by atoms with Crippen molar-refractivity contribution in [1.82, 2.24) is 4.90 Å². The number of nitrogens with two attached hydrogens (primary N) is 1. The number of carbonyl (C=O) groups excluding carboxylic acids is 1. The third kappa shape index (κ3) is 2.52. The lowest BCUT2D eigenvalue weighted by molar-refractivity contribution is -0.128. The number of carbonyl (C=O) groups is 1. The van der Waals surface area contributed by atoms with Crippen molar-refractivity contribution >= 4 is 11.6 Å². The maximum Gasteiger partial charge on any atom is 0.223 e. The molecule has 1 atom stereocenters. The second-order valence-electron chi connectivity index (χ2n) is 4.65. The van der Waals surface area contributed by atoms with Crippen molar-refractivity contribution in [3.05, 3.63) is 23.8 Å². The van der Waals surface area contributed by atoms with Gasteiger partial charge in [-0.05, 0) is 24.1 Å². The molecule has 1 heterocycles. The summed E-state index contributed by atoms with van der Waals surface area (Å²) in [5.74, 6) is 1.43. The standard InChI is InChI=1S/C13H18N2O2/c1-9-5-13(16)15(7-9)8-10-6-11(14)3-4-12(10)17-2/h3-4,6,9H,5,7-8,14H2,1-2H3. The number of nitrogens with zero attached hydrogens (tertiary/aromatic N) is 1. The SMILES string of the molecule is COc1ccc(N)cc1CN1CC(C)CC1=O. The second-order valence-corrected chi connectivity index (χ2v) is 4.65. The van der Waals surface area contributed by atoms with Crippen LogP contribution in [0.2, 0.25) is 0 Å². The Balaban J connectivity index is 2.18. The van der Waals surface area contributed by atoms with Gasteiger partial charge in [-0.3, -0.25) is 4.79 Å². The van der Waals surface area contributed by atoms with Crippen LogP contribution in [0.25, 0.3) is 0 Å². The molecule has 0 saturated carbocycles. The summed E-state index contributed by atoms with van der Waals surface area (Å²) in [6, 6.07) is 5.51. The van der Waals surface area contributed by atoms with Crippen LogP contribution in [0.1, 0.15) is 18.9 Å². The fourth-order valence-electron chi connectivity index (χ4n) is 2.25. The van der Waals surface area contributed by atoms with E-state index in [2.05, 4.69) is 6.92 Å². The maximum atomic E-state index is 11.7. The number of nitrogen functional groups attached to an aromatic ring is 1. The Morgan fingerprint density at radius 3 is 2.88 bits per heavy atom. The number of amides is 1. The molecule has 92 valence electrons. The Bertz CT molecular complexity index is 431. The molecule has 1 aliphatic rings. The molecule has 1 unspecified atom stereocenters. The summed E-state index contributed by atoms with van der Waals surface area (Å²) in [4.78, 5) is 13.6. The van der Waals surface area contributed by atoms with Crippen LogP contribution in [-0.2, 0) is 11.3 Å². The minimum atomic E-state index is 0.210. The number of benzene rings is 1. The zero-order valence-corrected chi connectivity index (χ0v) is 10.3. The number of ether oxygens (including phenoxy) is 1.